The predicted molar refractivity (Wildman–Crippen MR) is 79.0 cm³/mol. The van der Waals surface area contributed by atoms with Crippen LogP contribution in [-0.4, -0.2) is 27.7 Å². The van der Waals surface area contributed by atoms with Crippen molar-refractivity contribution < 1.29 is 14.5 Å². The molecule has 0 aliphatic heterocycles. The third-order valence-electron chi connectivity index (χ3n) is 3.06. The topological polar surface area (TPSA) is 99.3 Å². The summed E-state index contributed by atoms with van der Waals surface area (Å²) in [6, 6.07) is 4.00. The number of carbonyl (C=O) groups is 1. The Hall–Kier alpha value is -2.61. The second kappa shape index (κ2) is 6.44. The van der Waals surface area contributed by atoms with Gasteiger partial charge in [0.2, 0.25) is 0 Å². The molecule has 2 aromatic rings. The fourth-order valence-corrected chi connectivity index (χ4v) is 2.11. The fraction of sp³-hybridized carbons (Fsp3) is 0.231. The first-order chi connectivity index (χ1) is 10.4. The summed E-state index contributed by atoms with van der Waals surface area (Å²) in [7, 11) is 3.03. The SMILES string of the molecule is COc1ccc(C(=O)NCc2c(Cl)cnn2C)cc1[N+](=O)[O-]. The van der Waals surface area contributed by atoms with Gasteiger partial charge in [-0.05, 0) is 12.1 Å². The number of methoxy groups -OCH3 is 1. The summed E-state index contributed by atoms with van der Waals surface area (Å²) < 4.78 is 6.43. The van der Waals surface area contributed by atoms with Crippen LogP contribution in [0.1, 0.15) is 16.1 Å². The number of ether oxygens (including phenoxy) is 1. The molecule has 1 heterocycles. The van der Waals surface area contributed by atoms with Gasteiger partial charge in [0.05, 0.1) is 35.5 Å². The molecule has 1 N–H and O–H groups in total. The number of nitrogens with zero attached hydrogens (tertiary/aromatic N) is 3. The normalized spacial score (nSPS) is 10.3. The summed E-state index contributed by atoms with van der Waals surface area (Å²) in [5.74, 6) is -0.362. The third-order valence-corrected chi connectivity index (χ3v) is 3.38. The van der Waals surface area contributed by atoms with E-state index in [1.807, 2.05) is 0 Å². The highest BCUT2D eigenvalue weighted by atomic mass is 35.5. The standard InChI is InChI=1S/C13H13ClN4O4/c1-17-11(9(14)6-16-17)7-15-13(19)8-3-4-12(22-2)10(5-8)18(20)21/h3-6H,7H2,1-2H3,(H,15,19). The number of hydrogen-bond acceptors (Lipinski definition) is 5. The number of benzene rings is 1. The Morgan fingerprint density at radius 2 is 2.27 bits per heavy atom. The molecule has 0 unspecified atom stereocenters. The molecule has 0 aliphatic carbocycles. The van der Waals surface area contributed by atoms with Crippen LogP contribution in [0.2, 0.25) is 5.02 Å². The predicted octanol–water partition coefficient (Wildman–Crippen LogP) is 1.92. The van der Waals surface area contributed by atoms with Gasteiger partial charge in [0.1, 0.15) is 0 Å². The van der Waals surface area contributed by atoms with E-state index in [9.17, 15) is 14.9 Å². The lowest BCUT2D eigenvalue weighted by Crippen LogP contribution is -2.24. The van der Waals surface area contributed by atoms with E-state index in [2.05, 4.69) is 10.4 Å². The molecule has 116 valence electrons. The molecule has 0 atom stereocenters. The number of amides is 1. The molecule has 8 nitrogen and oxygen atoms in total. The number of aromatic nitrogens is 2. The molecule has 0 bridgehead atoms. The molecule has 1 aromatic heterocycles. The Kier molecular flexibility index (Phi) is 4.62. The number of nitro benzene ring substituents is 1. The summed E-state index contributed by atoms with van der Waals surface area (Å²) in [6.07, 6.45) is 1.47. The molecule has 0 spiro atoms. The van der Waals surface area contributed by atoms with Crippen molar-refractivity contribution in [3.8, 4) is 5.75 Å². The van der Waals surface area contributed by atoms with E-state index in [4.69, 9.17) is 16.3 Å². The van der Waals surface area contributed by atoms with Crippen LogP contribution in [0, 0.1) is 10.1 Å². The Morgan fingerprint density at radius 3 is 2.82 bits per heavy atom. The van der Waals surface area contributed by atoms with Gasteiger partial charge in [-0.25, -0.2) is 0 Å². The average Bonchev–Trinajstić information content (AvgIpc) is 2.82. The van der Waals surface area contributed by atoms with Gasteiger partial charge < -0.3 is 10.1 Å². The van der Waals surface area contributed by atoms with Crippen molar-refractivity contribution >= 4 is 23.2 Å². The van der Waals surface area contributed by atoms with Gasteiger partial charge in [-0.2, -0.15) is 5.10 Å². The van der Waals surface area contributed by atoms with E-state index < -0.39 is 10.8 Å². The van der Waals surface area contributed by atoms with Crippen LogP contribution >= 0.6 is 11.6 Å². The van der Waals surface area contributed by atoms with Gasteiger partial charge in [0.15, 0.2) is 5.75 Å². The number of aryl methyl sites for hydroxylation is 1. The molecule has 1 amide bonds. The number of carbonyl (C=O) groups excluding carboxylic acids is 1. The number of rotatable bonds is 5. The first-order valence-corrected chi connectivity index (χ1v) is 6.59. The number of halogens is 1. The molecule has 1 aromatic carbocycles. The van der Waals surface area contributed by atoms with Crippen LogP contribution in [0.25, 0.3) is 0 Å². The van der Waals surface area contributed by atoms with Crippen LogP contribution in [0.4, 0.5) is 5.69 Å². The van der Waals surface area contributed by atoms with Crippen LogP contribution in [0.15, 0.2) is 24.4 Å². The van der Waals surface area contributed by atoms with Crippen molar-refractivity contribution in [1.29, 1.82) is 0 Å². The van der Waals surface area contributed by atoms with Crippen molar-refractivity contribution in [2.45, 2.75) is 6.54 Å². The van der Waals surface area contributed by atoms with Crippen molar-refractivity contribution in [3.63, 3.8) is 0 Å². The van der Waals surface area contributed by atoms with Crippen LogP contribution < -0.4 is 10.1 Å². The van der Waals surface area contributed by atoms with Crippen LogP contribution in [0.5, 0.6) is 5.75 Å². The highest BCUT2D eigenvalue weighted by Gasteiger charge is 2.18. The Morgan fingerprint density at radius 1 is 1.55 bits per heavy atom. The molecule has 0 aliphatic rings. The third kappa shape index (κ3) is 3.17. The van der Waals surface area contributed by atoms with Gasteiger partial charge in [-0.15, -0.1) is 0 Å². The minimum Gasteiger partial charge on any atom is -0.490 e. The van der Waals surface area contributed by atoms with E-state index in [1.165, 1.54) is 31.5 Å². The van der Waals surface area contributed by atoms with Gasteiger partial charge in [-0.1, -0.05) is 11.6 Å². The van der Waals surface area contributed by atoms with E-state index >= 15 is 0 Å². The van der Waals surface area contributed by atoms with Crippen LogP contribution in [0.3, 0.4) is 0 Å². The van der Waals surface area contributed by atoms with E-state index in [0.29, 0.717) is 10.7 Å². The van der Waals surface area contributed by atoms with E-state index in [1.54, 1.807) is 11.7 Å². The first kappa shape index (κ1) is 15.8. The van der Waals surface area contributed by atoms with Crippen molar-refractivity contribution in [3.05, 3.63) is 50.8 Å². The van der Waals surface area contributed by atoms with Gasteiger partial charge in [-0.3, -0.25) is 19.6 Å². The van der Waals surface area contributed by atoms with Gasteiger partial charge >= 0.3 is 5.69 Å². The maximum Gasteiger partial charge on any atom is 0.311 e. The smallest absolute Gasteiger partial charge is 0.311 e. The Bertz CT molecular complexity index is 709. The number of nitrogens with one attached hydrogen (secondary N) is 1. The maximum atomic E-state index is 12.1. The zero-order chi connectivity index (χ0) is 16.3. The van der Waals surface area contributed by atoms with E-state index in [0.717, 1.165) is 0 Å². The Balaban J connectivity index is 2.16. The molecule has 9 heteroatoms. The van der Waals surface area contributed by atoms with Gasteiger partial charge in [0.25, 0.3) is 5.91 Å². The zero-order valence-electron chi connectivity index (χ0n) is 11.9. The summed E-state index contributed by atoms with van der Waals surface area (Å²) in [5.41, 5.74) is 0.525. The average molecular weight is 325 g/mol. The molecular weight excluding hydrogens is 312 g/mol. The lowest BCUT2D eigenvalue weighted by molar-refractivity contribution is -0.385. The minimum atomic E-state index is -0.604. The summed E-state index contributed by atoms with van der Waals surface area (Å²) >= 11 is 5.94. The molecule has 22 heavy (non-hydrogen) atoms. The number of nitro groups is 1. The summed E-state index contributed by atoms with van der Waals surface area (Å²) in [4.78, 5) is 22.4. The van der Waals surface area contributed by atoms with Crippen molar-refractivity contribution in [1.82, 2.24) is 15.1 Å². The molecule has 0 saturated heterocycles. The molecule has 0 fully saturated rings. The zero-order valence-corrected chi connectivity index (χ0v) is 12.6. The molecule has 0 radical (unpaired) electrons. The first-order valence-electron chi connectivity index (χ1n) is 6.21. The fourth-order valence-electron chi connectivity index (χ4n) is 1.87. The largest absolute Gasteiger partial charge is 0.490 e. The highest BCUT2D eigenvalue weighted by Crippen LogP contribution is 2.27. The lowest BCUT2D eigenvalue weighted by Gasteiger charge is -2.07. The molecule has 2 rings (SSSR count). The lowest BCUT2D eigenvalue weighted by atomic mass is 10.1. The second-order valence-corrected chi connectivity index (χ2v) is 4.80. The van der Waals surface area contributed by atoms with Crippen molar-refractivity contribution in [2.75, 3.05) is 7.11 Å². The number of hydrogen-bond donors (Lipinski definition) is 1. The summed E-state index contributed by atoms with van der Waals surface area (Å²) in [5, 5.41) is 18.0. The monoisotopic (exact) mass is 324 g/mol. The molecular formula is C13H13ClN4O4. The van der Waals surface area contributed by atoms with Gasteiger partial charge in [0, 0.05) is 18.7 Å². The second-order valence-electron chi connectivity index (χ2n) is 4.39. The molecule has 0 saturated carbocycles. The quantitative estimate of drug-likeness (QED) is 0.669. The van der Waals surface area contributed by atoms with E-state index in [-0.39, 0.29) is 23.5 Å². The van der Waals surface area contributed by atoms with Crippen molar-refractivity contribution in [2.24, 2.45) is 7.05 Å². The van der Waals surface area contributed by atoms with Crippen LogP contribution in [-0.2, 0) is 13.6 Å². The highest BCUT2D eigenvalue weighted by molar-refractivity contribution is 6.31. The Labute approximate surface area is 130 Å². The maximum absolute atomic E-state index is 12.1. The minimum absolute atomic E-state index is 0.0937. The summed E-state index contributed by atoms with van der Waals surface area (Å²) in [6.45, 7) is 0.161.